The van der Waals surface area contributed by atoms with E-state index in [1.807, 2.05) is 0 Å². The topological polar surface area (TPSA) is 63.4 Å². The maximum atomic E-state index is 12.4. The third-order valence-corrected chi connectivity index (χ3v) is 4.18. The molecular formula is C12H13ClN2O3S. The van der Waals surface area contributed by atoms with Gasteiger partial charge in [0.05, 0.1) is 4.92 Å². The normalized spacial score (nSPS) is 15.9. The van der Waals surface area contributed by atoms with Crippen molar-refractivity contribution >= 4 is 35.0 Å². The highest BCUT2D eigenvalue weighted by molar-refractivity contribution is 7.99. The molecule has 0 saturated carbocycles. The average molecular weight is 301 g/mol. The summed E-state index contributed by atoms with van der Waals surface area (Å²) in [5.41, 5.74) is -0.115. The zero-order valence-electron chi connectivity index (χ0n) is 10.2. The SMILES string of the molecule is O=C(c1cc(Cl)ccc1[N+](=O)[O-])N1CCCSCC1. The predicted molar refractivity (Wildman–Crippen MR) is 76.0 cm³/mol. The van der Waals surface area contributed by atoms with Gasteiger partial charge in [0.2, 0.25) is 0 Å². The van der Waals surface area contributed by atoms with Crippen LogP contribution in [0, 0.1) is 10.1 Å². The fourth-order valence-corrected chi connectivity index (χ4v) is 3.02. The predicted octanol–water partition coefficient (Wildman–Crippen LogP) is 2.83. The third kappa shape index (κ3) is 3.39. The van der Waals surface area contributed by atoms with E-state index < -0.39 is 4.92 Å². The molecule has 0 aromatic heterocycles. The van der Waals surface area contributed by atoms with Crippen LogP contribution in [-0.2, 0) is 0 Å². The molecule has 0 unspecified atom stereocenters. The summed E-state index contributed by atoms with van der Waals surface area (Å²) in [6.07, 6.45) is 0.908. The highest BCUT2D eigenvalue weighted by atomic mass is 35.5. The molecule has 1 aliphatic rings. The number of carbonyl (C=O) groups is 1. The fraction of sp³-hybridized carbons (Fsp3) is 0.417. The minimum Gasteiger partial charge on any atom is -0.338 e. The monoisotopic (exact) mass is 300 g/mol. The quantitative estimate of drug-likeness (QED) is 0.622. The van der Waals surface area contributed by atoms with Crippen molar-refractivity contribution in [2.75, 3.05) is 24.6 Å². The van der Waals surface area contributed by atoms with Gasteiger partial charge in [-0.1, -0.05) is 11.6 Å². The Balaban J connectivity index is 2.31. The first-order valence-corrected chi connectivity index (χ1v) is 7.44. The van der Waals surface area contributed by atoms with Gasteiger partial charge in [-0.3, -0.25) is 14.9 Å². The molecule has 102 valence electrons. The number of amides is 1. The summed E-state index contributed by atoms with van der Waals surface area (Å²) in [6, 6.07) is 4.08. The van der Waals surface area contributed by atoms with E-state index in [1.54, 1.807) is 16.7 Å². The Kier molecular flexibility index (Phi) is 4.66. The van der Waals surface area contributed by atoms with Crippen LogP contribution in [0.15, 0.2) is 18.2 Å². The van der Waals surface area contributed by atoms with Crippen LogP contribution in [0.3, 0.4) is 0 Å². The number of hydrogen-bond acceptors (Lipinski definition) is 4. The Bertz CT molecular complexity index is 502. The average Bonchev–Trinajstić information content (AvgIpc) is 2.66. The molecular weight excluding hydrogens is 288 g/mol. The molecule has 1 heterocycles. The first-order valence-electron chi connectivity index (χ1n) is 5.90. The van der Waals surface area contributed by atoms with Crippen molar-refractivity contribution in [3.05, 3.63) is 38.9 Å². The highest BCUT2D eigenvalue weighted by Crippen LogP contribution is 2.25. The second kappa shape index (κ2) is 6.25. The first kappa shape index (κ1) is 14.1. The van der Waals surface area contributed by atoms with Crippen molar-refractivity contribution in [1.29, 1.82) is 0 Å². The van der Waals surface area contributed by atoms with Gasteiger partial charge in [0.1, 0.15) is 5.56 Å². The van der Waals surface area contributed by atoms with Gasteiger partial charge in [-0.15, -0.1) is 0 Å². The number of benzene rings is 1. The molecule has 7 heteroatoms. The van der Waals surface area contributed by atoms with Crippen molar-refractivity contribution in [3.63, 3.8) is 0 Å². The molecule has 5 nitrogen and oxygen atoms in total. The Morgan fingerprint density at radius 1 is 1.37 bits per heavy atom. The molecule has 1 aromatic carbocycles. The lowest BCUT2D eigenvalue weighted by Crippen LogP contribution is -2.33. The van der Waals surface area contributed by atoms with Crippen LogP contribution in [0.1, 0.15) is 16.8 Å². The molecule has 1 amide bonds. The number of nitro benzene ring substituents is 1. The molecule has 1 fully saturated rings. The van der Waals surface area contributed by atoms with Gasteiger partial charge in [-0.05, 0) is 24.3 Å². The Labute approximate surface area is 120 Å². The van der Waals surface area contributed by atoms with Gasteiger partial charge >= 0.3 is 0 Å². The molecule has 1 saturated heterocycles. The number of nitro groups is 1. The molecule has 1 aromatic rings. The number of hydrogen-bond donors (Lipinski definition) is 0. The Morgan fingerprint density at radius 2 is 2.16 bits per heavy atom. The Morgan fingerprint density at radius 3 is 2.89 bits per heavy atom. The molecule has 19 heavy (non-hydrogen) atoms. The van der Waals surface area contributed by atoms with E-state index >= 15 is 0 Å². The summed E-state index contributed by atoms with van der Waals surface area (Å²) in [6.45, 7) is 1.25. The van der Waals surface area contributed by atoms with Crippen molar-refractivity contribution in [3.8, 4) is 0 Å². The smallest absolute Gasteiger partial charge is 0.282 e. The van der Waals surface area contributed by atoms with Crippen molar-refractivity contribution in [2.24, 2.45) is 0 Å². The minimum atomic E-state index is -0.546. The van der Waals surface area contributed by atoms with Crippen molar-refractivity contribution < 1.29 is 9.72 Å². The summed E-state index contributed by atoms with van der Waals surface area (Å²) >= 11 is 7.63. The van der Waals surface area contributed by atoms with Gasteiger partial charge in [0.15, 0.2) is 0 Å². The van der Waals surface area contributed by atoms with Crippen LogP contribution in [-0.4, -0.2) is 40.3 Å². The molecule has 0 bridgehead atoms. The molecule has 0 aliphatic carbocycles. The fourth-order valence-electron chi connectivity index (χ4n) is 1.96. The maximum Gasteiger partial charge on any atom is 0.282 e. The lowest BCUT2D eigenvalue weighted by atomic mass is 10.1. The van der Waals surface area contributed by atoms with E-state index in [9.17, 15) is 14.9 Å². The number of carbonyl (C=O) groups excluding carboxylic acids is 1. The van der Waals surface area contributed by atoms with Gasteiger partial charge in [0, 0.05) is 29.9 Å². The number of thioether (sulfide) groups is 1. The zero-order valence-corrected chi connectivity index (χ0v) is 11.7. The number of rotatable bonds is 2. The lowest BCUT2D eigenvalue weighted by molar-refractivity contribution is -0.385. The van der Waals surface area contributed by atoms with Crippen LogP contribution in [0.4, 0.5) is 5.69 Å². The summed E-state index contributed by atoms with van der Waals surface area (Å²) in [7, 11) is 0. The van der Waals surface area contributed by atoms with Crippen LogP contribution < -0.4 is 0 Å². The highest BCUT2D eigenvalue weighted by Gasteiger charge is 2.25. The van der Waals surface area contributed by atoms with Crippen LogP contribution in [0.5, 0.6) is 0 Å². The van der Waals surface area contributed by atoms with Crippen molar-refractivity contribution in [2.45, 2.75) is 6.42 Å². The molecule has 1 aliphatic heterocycles. The zero-order chi connectivity index (χ0) is 13.8. The number of nitrogens with zero attached hydrogens (tertiary/aromatic N) is 2. The van der Waals surface area contributed by atoms with E-state index in [1.165, 1.54) is 18.2 Å². The van der Waals surface area contributed by atoms with E-state index in [2.05, 4.69) is 0 Å². The van der Waals surface area contributed by atoms with E-state index in [4.69, 9.17) is 11.6 Å². The minimum absolute atomic E-state index is 0.0735. The molecule has 0 radical (unpaired) electrons. The van der Waals surface area contributed by atoms with Crippen LogP contribution >= 0.6 is 23.4 Å². The summed E-state index contributed by atoms with van der Waals surface area (Å²) in [5, 5.41) is 11.3. The van der Waals surface area contributed by atoms with Crippen LogP contribution in [0.2, 0.25) is 5.02 Å². The molecule has 2 rings (SSSR count). The van der Waals surface area contributed by atoms with E-state index in [-0.39, 0.29) is 17.2 Å². The third-order valence-electron chi connectivity index (χ3n) is 2.90. The number of halogens is 1. The summed E-state index contributed by atoms with van der Waals surface area (Å²) in [4.78, 5) is 24.5. The molecule has 0 atom stereocenters. The maximum absolute atomic E-state index is 12.4. The van der Waals surface area contributed by atoms with Crippen molar-refractivity contribution in [1.82, 2.24) is 4.90 Å². The largest absolute Gasteiger partial charge is 0.338 e. The first-order chi connectivity index (χ1) is 9.09. The lowest BCUT2D eigenvalue weighted by Gasteiger charge is -2.19. The second-order valence-corrected chi connectivity index (χ2v) is 5.84. The van der Waals surface area contributed by atoms with E-state index in [0.29, 0.717) is 18.1 Å². The van der Waals surface area contributed by atoms with Gasteiger partial charge in [-0.25, -0.2) is 0 Å². The second-order valence-electron chi connectivity index (χ2n) is 4.18. The Hall–Kier alpha value is -1.27. The van der Waals surface area contributed by atoms with E-state index in [0.717, 1.165) is 17.9 Å². The van der Waals surface area contributed by atoms with Gasteiger partial charge in [0.25, 0.3) is 11.6 Å². The van der Waals surface area contributed by atoms with Gasteiger partial charge < -0.3 is 4.90 Å². The van der Waals surface area contributed by atoms with Crippen LogP contribution in [0.25, 0.3) is 0 Å². The molecule has 0 spiro atoms. The summed E-state index contributed by atoms with van der Waals surface area (Å²) < 4.78 is 0. The van der Waals surface area contributed by atoms with Gasteiger partial charge in [-0.2, -0.15) is 11.8 Å². The standard InChI is InChI=1S/C12H13ClN2O3S/c13-9-2-3-11(15(17)18)10(8-9)12(16)14-4-1-6-19-7-5-14/h2-3,8H,1,4-7H2. The molecule has 0 N–H and O–H groups in total. The summed E-state index contributed by atoms with van der Waals surface area (Å²) in [5.74, 6) is 1.57.